The van der Waals surface area contributed by atoms with E-state index in [1.807, 2.05) is 0 Å². The molecule has 0 radical (unpaired) electrons. The van der Waals surface area contributed by atoms with Crippen LogP contribution in [0, 0.1) is 17.2 Å². The molecule has 42 valence electrons. The molecular weight excluding hydrogens is 100 g/mol. The number of fused-ring (bicyclic) bond motifs is 1. The molecule has 0 amide bonds. The van der Waals surface area contributed by atoms with Crippen LogP contribution in [0.15, 0.2) is 0 Å². The van der Waals surface area contributed by atoms with Gasteiger partial charge >= 0.3 is 0 Å². The van der Waals surface area contributed by atoms with E-state index in [1.54, 1.807) is 0 Å². The van der Waals surface area contributed by atoms with Crippen molar-refractivity contribution in [3.05, 3.63) is 0 Å². The molecule has 0 aromatic carbocycles. The topological polar surface area (TPSA) is 35.8 Å². The second-order valence-electron chi connectivity index (χ2n) is 2.85. The van der Waals surface area contributed by atoms with Gasteiger partial charge in [-0.3, -0.25) is 5.32 Å². The number of hydrogen-bond acceptors (Lipinski definition) is 2. The molecule has 2 saturated heterocycles. The molecule has 0 aromatic heterocycles. The van der Waals surface area contributed by atoms with Crippen molar-refractivity contribution in [1.29, 1.82) is 5.26 Å². The summed E-state index contributed by atoms with van der Waals surface area (Å²) in [4.78, 5) is 0. The van der Waals surface area contributed by atoms with Gasteiger partial charge in [-0.25, -0.2) is 0 Å². The van der Waals surface area contributed by atoms with Gasteiger partial charge in [0.25, 0.3) is 0 Å². The Morgan fingerprint density at radius 1 is 1.62 bits per heavy atom. The van der Waals surface area contributed by atoms with E-state index in [1.165, 1.54) is 0 Å². The summed E-state index contributed by atoms with van der Waals surface area (Å²) in [6.07, 6.45) is 2.20. The monoisotopic (exact) mass is 108 g/mol. The molecule has 0 unspecified atom stereocenters. The predicted molar refractivity (Wildman–Crippen MR) is 29.1 cm³/mol. The van der Waals surface area contributed by atoms with E-state index in [0.29, 0.717) is 0 Å². The molecule has 3 aliphatic rings. The van der Waals surface area contributed by atoms with Crippen LogP contribution in [0.2, 0.25) is 0 Å². The minimum atomic E-state index is -0.0648. The van der Waals surface area contributed by atoms with E-state index in [-0.39, 0.29) is 5.54 Å². The van der Waals surface area contributed by atoms with Crippen LogP contribution in [0.1, 0.15) is 12.8 Å². The molecule has 0 aromatic rings. The Morgan fingerprint density at radius 3 is 2.62 bits per heavy atom. The molecule has 2 aliphatic heterocycles. The van der Waals surface area contributed by atoms with Crippen LogP contribution in [0.4, 0.5) is 0 Å². The van der Waals surface area contributed by atoms with Crippen molar-refractivity contribution < 1.29 is 0 Å². The van der Waals surface area contributed by atoms with Crippen LogP contribution in [-0.2, 0) is 0 Å². The van der Waals surface area contributed by atoms with Crippen molar-refractivity contribution in [2.45, 2.75) is 18.4 Å². The van der Waals surface area contributed by atoms with E-state index in [0.717, 1.165) is 25.3 Å². The van der Waals surface area contributed by atoms with E-state index in [4.69, 9.17) is 5.26 Å². The van der Waals surface area contributed by atoms with Gasteiger partial charge in [0.15, 0.2) is 0 Å². The second-order valence-corrected chi connectivity index (χ2v) is 2.85. The summed E-state index contributed by atoms with van der Waals surface area (Å²) in [6.45, 7) is 1.08. The third kappa shape index (κ3) is 0.317. The average molecular weight is 108 g/mol. The highest BCUT2D eigenvalue weighted by molar-refractivity contribution is 5.20. The van der Waals surface area contributed by atoms with Gasteiger partial charge in [-0.2, -0.15) is 5.26 Å². The first kappa shape index (κ1) is 4.34. The quantitative estimate of drug-likeness (QED) is 0.483. The van der Waals surface area contributed by atoms with Crippen molar-refractivity contribution in [3.63, 3.8) is 0 Å². The Labute approximate surface area is 48.5 Å². The third-order valence-electron chi connectivity index (χ3n) is 2.22. The van der Waals surface area contributed by atoms with Crippen LogP contribution < -0.4 is 5.32 Å². The number of rotatable bonds is 0. The lowest BCUT2D eigenvalue weighted by atomic mass is 9.75. The number of nitriles is 1. The normalized spacial score (nSPS) is 50.1. The Kier molecular flexibility index (Phi) is 0.575. The zero-order valence-corrected chi connectivity index (χ0v) is 4.65. The summed E-state index contributed by atoms with van der Waals surface area (Å²) >= 11 is 0. The van der Waals surface area contributed by atoms with E-state index in [2.05, 4.69) is 11.4 Å². The lowest BCUT2D eigenvalue weighted by Crippen LogP contribution is -2.41. The first-order chi connectivity index (χ1) is 3.85. The predicted octanol–water partition coefficient (Wildman–Crippen LogP) is 0.262. The molecule has 2 heteroatoms. The van der Waals surface area contributed by atoms with Gasteiger partial charge < -0.3 is 0 Å². The van der Waals surface area contributed by atoms with Gasteiger partial charge in [0.05, 0.1) is 6.07 Å². The van der Waals surface area contributed by atoms with Gasteiger partial charge in [0.2, 0.25) is 0 Å². The van der Waals surface area contributed by atoms with Crippen LogP contribution in [0.25, 0.3) is 0 Å². The molecule has 1 aliphatic carbocycles. The Morgan fingerprint density at radius 2 is 2.38 bits per heavy atom. The van der Waals surface area contributed by atoms with Crippen molar-refractivity contribution in [1.82, 2.24) is 5.32 Å². The lowest BCUT2D eigenvalue weighted by molar-refractivity contribution is 0.296. The largest absolute Gasteiger partial charge is 0.299 e. The molecule has 0 atom stereocenters. The molecule has 8 heavy (non-hydrogen) atoms. The lowest BCUT2D eigenvalue weighted by Gasteiger charge is -2.29. The van der Waals surface area contributed by atoms with Crippen LogP contribution in [0.5, 0.6) is 0 Å². The highest BCUT2D eigenvalue weighted by atomic mass is 15.1. The third-order valence-corrected chi connectivity index (χ3v) is 2.22. The van der Waals surface area contributed by atoms with Crippen molar-refractivity contribution in [2.75, 3.05) is 6.54 Å². The molecular formula is C6H8N2. The Hall–Kier alpha value is -0.550. The fourth-order valence-electron chi connectivity index (χ4n) is 1.69. The summed E-state index contributed by atoms with van der Waals surface area (Å²) in [6, 6.07) is 2.30. The fraction of sp³-hybridized carbons (Fsp3) is 0.833. The van der Waals surface area contributed by atoms with Gasteiger partial charge in [-0.1, -0.05) is 0 Å². The molecule has 2 bridgehead atoms. The maximum Gasteiger partial charge on any atom is 0.107 e. The summed E-state index contributed by atoms with van der Waals surface area (Å²) in [5.41, 5.74) is -0.0648. The molecule has 1 N–H and O–H groups in total. The minimum absolute atomic E-state index is 0.0648. The standard InChI is InChI=1S/C6H8N2/c7-4-6-1-5(2-6)3-8-6/h5,8H,1-3H2. The number of hydrogen-bond donors (Lipinski definition) is 1. The Balaban J connectivity index is 2.23. The van der Waals surface area contributed by atoms with Gasteiger partial charge in [0.1, 0.15) is 5.54 Å². The average Bonchev–Trinajstić information content (AvgIpc) is 2.17. The first-order valence-corrected chi connectivity index (χ1v) is 3.01. The molecule has 0 spiro atoms. The minimum Gasteiger partial charge on any atom is -0.299 e. The van der Waals surface area contributed by atoms with E-state index >= 15 is 0 Å². The SMILES string of the molecule is N#CC12CC(CN1)C2. The summed E-state index contributed by atoms with van der Waals surface area (Å²) < 4.78 is 0. The van der Waals surface area contributed by atoms with Crippen LogP contribution in [0.3, 0.4) is 0 Å². The van der Waals surface area contributed by atoms with Gasteiger partial charge in [-0.15, -0.1) is 0 Å². The smallest absolute Gasteiger partial charge is 0.107 e. The fourth-order valence-corrected chi connectivity index (χ4v) is 1.69. The zero-order chi connectivity index (χ0) is 5.61. The second kappa shape index (κ2) is 1.06. The highest BCUT2D eigenvalue weighted by Gasteiger charge is 2.50. The molecule has 1 saturated carbocycles. The summed E-state index contributed by atoms with van der Waals surface area (Å²) in [5, 5.41) is 11.7. The number of nitrogens with one attached hydrogen (secondary N) is 1. The summed E-state index contributed by atoms with van der Waals surface area (Å²) in [7, 11) is 0. The highest BCUT2D eigenvalue weighted by Crippen LogP contribution is 2.42. The molecule has 2 heterocycles. The first-order valence-electron chi connectivity index (χ1n) is 3.01. The maximum atomic E-state index is 8.55. The van der Waals surface area contributed by atoms with Crippen LogP contribution >= 0.6 is 0 Å². The van der Waals surface area contributed by atoms with Crippen molar-refractivity contribution >= 4 is 0 Å². The number of nitrogens with zero attached hydrogens (tertiary/aromatic N) is 1. The van der Waals surface area contributed by atoms with E-state index < -0.39 is 0 Å². The molecule has 3 rings (SSSR count). The van der Waals surface area contributed by atoms with Crippen LogP contribution in [-0.4, -0.2) is 12.1 Å². The molecule has 2 nitrogen and oxygen atoms in total. The van der Waals surface area contributed by atoms with Gasteiger partial charge in [0, 0.05) is 0 Å². The summed E-state index contributed by atoms with van der Waals surface area (Å²) in [5.74, 6) is 0.828. The van der Waals surface area contributed by atoms with Crippen molar-refractivity contribution in [3.8, 4) is 6.07 Å². The van der Waals surface area contributed by atoms with Crippen molar-refractivity contribution in [2.24, 2.45) is 5.92 Å². The zero-order valence-electron chi connectivity index (χ0n) is 4.65. The Bertz CT molecular complexity index is 145. The maximum absolute atomic E-state index is 8.55. The van der Waals surface area contributed by atoms with Gasteiger partial charge in [-0.05, 0) is 25.3 Å². The molecule has 3 fully saturated rings. The van der Waals surface area contributed by atoms with E-state index in [9.17, 15) is 0 Å².